The van der Waals surface area contributed by atoms with E-state index in [1.54, 1.807) is 0 Å². The summed E-state index contributed by atoms with van der Waals surface area (Å²) in [5.74, 6) is 0.409. The maximum absolute atomic E-state index is 11.6. The lowest BCUT2D eigenvalue weighted by Crippen LogP contribution is -2.49. The third-order valence-electron chi connectivity index (χ3n) is 3.95. The van der Waals surface area contributed by atoms with Crippen molar-refractivity contribution in [1.82, 2.24) is 0 Å². The first-order valence-electron chi connectivity index (χ1n) is 5.95. The Bertz CT molecular complexity index is 434. The summed E-state index contributed by atoms with van der Waals surface area (Å²) in [6, 6.07) is 7.70. The van der Waals surface area contributed by atoms with Gasteiger partial charge in [-0.1, -0.05) is 41.9 Å². The van der Waals surface area contributed by atoms with Gasteiger partial charge < -0.3 is 5.11 Å². The maximum Gasteiger partial charge on any atom is 0.314 e. The number of rotatable bonds is 3. The van der Waals surface area contributed by atoms with Gasteiger partial charge in [-0.3, -0.25) is 4.79 Å². The van der Waals surface area contributed by atoms with Crippen LogP contribution in [0.5, 0.6) is 0 Å². The van der Waals surface area contributed by atoms with Gasteiger partial charge in [-0.2, -0.15) is 0 Å². The van der Waals surface area contributed by atoms with Crippen molar-refractivity contribution in [3.8, 4) is 0 Å². The molecular weight excluding hydrogens is 280 g/mol. The van der Waals surface area contributed by atoms with E-state index in [9.17, 15) is 9.90 Å². The van der Waals surface area contributed by atoms with Gasteiger partial charge in [0.1, 0.15) is 0 Å². The predicted molar refractivity (Wildman–Crippen MR) is 71.0 cm³/mol. The molecule has 1 aliphatic carbocycles. The molecule has 17 heavy (non-hydrogen) atoms. The van der Waals surface area contributed by atoms with Crippen LogP contribution in [0.15, 0.2) is 28.7 Å². The van der Waals surface area contributed by atoms with Crippen LogP contribution >= 0.6 is 15.9 Å². The Kier molecular flexibility index (Phi) is 3.30. The molecule has 1 saturated carbocycles. The van der Waals surface area contributed by atoms with Gasteiger partial charge >= 0.3 is 5.97 Å². The van der Waals surface area contributed by atoms with Gasteiger partial charge in [-0.25, -0.2) is 0 Å². The fourth-order valence-electron chi connectivity index (χ4n) is 2.63. The van der Waals surface area contributed by atoms with Crippen molar-refractivity contribution in [2.24, 2.45) is 11.8 Å². The van der Waals surface area contributed by atoms with E-state index in [1.807, 2.05) is 24.3 Å². The van der Waals surface area contributed by atoms with E-state index in [0.717, 1.165) is 22.9 Å². The quantitative estimate of drug-likeness (QED) is 0.920. The first-order valence-corrected chi connectivity index (χ1v) is 6.74. The van der Waals surface area contributed by atoms with Crippen molar-refractivity contribution in [1.29, 1.82) is 0 Å². The molecule has 0 radical (unpaired) electrons. The number of carbonyl (C=O) groups is 1. The topological polar surface area (TPSA) is 37.3 Å². The van der Waals surface area contributed by atoms with Gasteiger partial charge in [0.15, 0.2) is 0 Å². The predicted octanol–water partition coefficient (Wildman–Crippen LogP) is 3.84. The molecule has 92 valence electrons. The second-order valence-corrected chi connectivity index (χ2v) is 6.23. The SMILES string of the molecule is CC(C)C1CC(C(=O)O)(c2cccc(Br)c2)C1. The molecule has 1 aromatic rings. The molecule has 1 aromatic carbocycles. The molecule has 0 saturated heterocycles. The van der Waals surface area contributed by atoms with Gasteiger partial charge in [0.25, 0.3) is 0 Å². The highest BCUT2D eigenvalue weighted by Crippen LogP contribution is 2.51. The fourth-order valence-corrected chi connectivity index (χ4v) is 3.03. The molecule has 2 nitrogen and oxygen atoms in total. The summed E-state index contributed by atoms with van der Waals surface area (Å²) < 4.78 is 0.948. The van der Waals surface area contributed by atoms with E-state index >= 15 is 0 Å². The maximum atomic E-state index is 11.6. The minimum absolute atomic E-state index is 0.532. The summed E-state index contributed by atoms with van der Waals surface area (Å²) in [6.45, 7) is 4.33. The van der Waals surface area contributed by atoms with E-state index in [1.165, 1.54) is 0 Å². The number of carboxylic acids is 1. The molecule has 0 aliphatic heterocycles. The highest BCUT2D eigenvalue weighted by atomic mass is 79.9. The molecule has 0 aromatic heterocycles. The lowest BCUT2D eigenvalue weighted by Gasteiger charge is -2.46. The third-order valence-corrected chi connectivity index (χ3v) is 4.44. The monoisotopic (exact) mass is 296 g/mol. The normalized spacial score (nSPS) is 27.9. The van der Waals surface area contributed by atoms with E-state index in [0.29, 0.717) is 11.8 Å². The molecule has 1 fully saturated rings. The average Bonchev–Trinajstić information content (AvgIpc) is 2.14. The van der Waals surface area contributed by atoms with Crippen LogP contribution in [-0.2, 0) is 10.2 Å². The van der Waals surface area contributed by atoms with E-state index in [2.05, 4.69) is 29.8 Å². The summed E-state index contributed by atoms with van der Waals surface area (Å²) in [5, 5.41) is 9.51. The number of hydrogen-bond donors (Lipinski definition) is 1. The zero-order valence-electron chi connectivity index (χ0n) is 10.1. The van der Waals surface area contributed by atoms with Crippen LogP contribution in [-0.4, -0.2) is 11.1 Å². The second-order valence-electron chi connectivity index (χ2n) is 5.31. The van der Waals surface area contributed by atoms with Gasteiger partial charge in [0, 0.05) is 4.47 Å². The van der Waals surface area contributed by atoms with Crippen LogP contribution < -0.4 is 0 Å². The molecule has 1 N–H and O–H groups in total. The second kappa shape index (κ2) is 4.45. The number of benzene rings is 1. The van der Waals surface area contributed by atoms with Crippen molar-refractivity contribution < 1.29 is 9.90 Å². The van der Waals surface area contributed by atoms with Crippen LogP contribution in [0.1, 0.15) is 32.3 Å². The number of aliphatic carboxylic acids is 1. The summed E-state index contributed by atoms with van der Waals surface area (Å²) in [5.41, 5.74) is 0.273. The third kappa shape index (κ3) is 2.13. The Hall–Kier alpha value is -0.830. The van der Waals surface area contributed by atoms with Crippen LogP contribution in [0.4, 0.5) is 0 Å². The first-order chi connectivity index (χ1) is 7.95. The molecule has 0 unspecified atom stereocenters. The van der Waals surface area contributed by atoms with E-state index in [-0.39, 0.29) is 0 Å². The number of carboxylic acid groups (broad SMARTS) is 1. The number of halogens is 1. The van der Waals surface area contributed by atoms with E-state index < -0.39 is 11.4 Å². The Balaban J connectivity index is 2.30. The lowest BCUT2D eigenvalue weighted by molar-refractivity contribution is -0.150. The average molecular weight is 297 g/mol. The Morgan fingerprint density at radius 3 is 2.59 bits per heavy atom. The standard InChI is InChI=1S/C14H17BrO2/c1-9(2)10-7-14(8-10,13(16)17)11-4-3-5-12(15)6-11/h3-6,9-10H,7-8H2,1-2H3,(H,16,17). The molecule has 0 heterocycles. The zero-order valence-corrected chi connectivity index (χ0v) is 11.7. The van der Waals surface area contributed by atoms with Gasteiger partial charge in [0.05, 0.1) is 5.41 Å². The van der Waals surface area contributed by atoms with Crippen LogP contribution in [0.2, 0.25) is 0 Å². The van der Waals surface area contributed by atoms with Gasteiger partial charge in [-0.05, 0) is 42.4 Å². The molecule has 1 aliphatic rings. The first kappa shape index (κ1) is 12.6. The molecule has 2 rings (SSSR count). The highest BCUT2D eigenvalue weighted by molar-refractivity contribution is 9.10. The van der Waals surface area contributed by atoms with Crippen LogP contribution in [0.3, 0.4) is 0 Å². The Labute approximate surface area is 110 Å². The Morgan fingerprint density at radius 1 is 1.47 bits per heavy atom. The minimum atomic E-state index is -0.687. The number of hydrogen-bond acceptors (Lipinski definition) is 1. The largest absolute Gasteiger partial charge is 0.481 e. The van der Waals surface area contributed by atoms with E-state index in [4.69, 9.17) is 0 Å². The van der Waals surface area contributed by atoms with Crippen LogP contribution in [0.25, 0.3) is 0 Å². The zero-order chi connectivity index (χ0) is 12.6. The fraction of sp³-hybridized carbons (Fsp3) is 0.500. The lowest BCUT2D eigenvalue weighted by atomic mass is 9.56. The van der Waals surface area contributed by atoms with Crippen molar-refractivity contribution >= 4 is 21.9 Å². The van der Waals surface area contributed by atoms with Crippen molar-refractivity contribution in [2.75, 3.05) is 0 Å². The smallest absolute Gasteiger partial charge is 0.314 e. The Morgan fingerprint density at radius 2 is 2.12 bits per heavy atom. The molecule has 0 spiro atoms. The summed E-state index contributed by atoms with van der Waals surface area (Å²) in [7, 11) is 0. The molecule has 0 bridgehead atoms. The molecule has 0 atom stereocenters. The van der Waals surface area contributed by atoms with Gasteiger partial charge in [-0.15, -0.1) is 0 Å². The van der Waals surface area contributed by atoms with Crippen LogP contribution in [0, 0.1) is 11.8 Å². The van der Waals surface area contributed by atoms with Crippen molar-refractivity contribution in [2.45, 2.75) is 32.1 Å². The minimum Gasteiger partial charge on any atom is -0.481 e. The highest BCUT2D eigenvalue weighted by Gasteiger charge is 2.52. The van der Waals surface area contributed by atoms with Crippen molar-refractivity contribution in [3.05, 3.63) is 34.3 Å². The summed E-state index contributed by atoms with van der Waals surface area (Å²) in [4.78, 5) is 11.6. The summed E-state index contributed by atoms with van der Waals surface area (Å²) in [6.07, 6.45) is 1.52. The van der Waals surface area contributed by atoms with Gasteiger partial charge in [0.2, 0.25) is 0 Å². The molecule has 3 heteroatoms. The molecular formula is C14H17BrO2. The molecule has 0 amide bonds. The summed E-state index contributed by atoms with van der Waals surface area (Å²) >= 11 is 3.41. The van der Waals surface area contributed by atoms with Crippen molar-refractivity contribution in [3.63, 3.8) is 0 Å².